The Kier molecular flexibility index (Phi) is 7.15. The maximum absolute atomic E-state index is 10.8. The van der Waals surface area contributed by atoms with Gasteiger partial charge in [0.05, 0.1) is 16.1 Å². The molecular formula is C12H12Cl2O2S2. The number of hydrogen-bond donors (Lipinski definition) is 0. The van der Waals surface area contributed by atoms with Gasteiger partial charge in [-0.2, -0.15) is 0 Å². The second-order valence-electron chi connectivity index (χ2n) is 3.57. The smallest absolute Gasteiger partial charge is 0.231 e. The number of rotatable bonds is 7. The molecule has 0 spiro atoms. The van der Waals surface area contributed by atoms with Crippen LogP contribution in [-0.4, -0.2) is 22.0 Å². The molecule has 18 heavy (non-hydrogen) atoms. The fourth-order valence-electron chi connectivity index (χ4n) is 1.25. The lowest BCUT2D eigenvalue weighted by atomic mass is 10.2. The number of carbonyl (C=O) groups excluding carboxylic acids is 2. The first kappa shape index (κ1) is 15.9. The molecule has 2 nitrogen and oxygen atoms in total. The first-order chi connectivity index (χ1) is 8.49. The lowest BCUT2D eigenvalue weighted by molar-refractivity contribution is -0.110. The maximum atomic E-state index is 10.8. The van der Waals surface area contributed by atoms with Crippen molar-refractivity contribution in [3.05, 3.63) is 35.4 Å². The molecule has 0 aromatic heterocycles. The molecule has 1 aromatic rings. The van der Waals surface area contributed by atoms with Crippen LogP contribution in [0.15, 0.2) is 24.3 Å². The molecular weight excluding hydrogens is 311 g/mol. The average Bonchev–Trinajstić information content (AvgIpc) is 2.30. The van der Waals surface area contributed by atoms with Gasteiger partial charge in [0, 0.05) is 0 Å². The van der Waals surface area contributed by atoms with E-state index in [4.69, 9.17) is 23.2 Å². The number of hydrogen-bond acceptors (Lipinski definition) is 4. The Morgan fingerprint density at radius 1 is 1.06 bits per heavy atom. The van der Waals surface area contributed by atoms with Crippen LogP contribution in [-0.2, 0) is 9.59 Å². The number of aryl methyl sites for hydroxylation is 1. The van der Waals surface area contributed by atoms with E-state index in [9.17, 15) is 9.59 Å². The molecule has 0 saturated heterocycles. The minimum Gasteiger partial charge on any atom is -0.280 e. The molecule has 1 rings (SSSR count). The van der Waals surface area contributed by atoms with Crippen molar-refractivity contribution in [2.75, 3.05) is 11.5 Å². The van der Waals surface area contributed by atoms with Crippen molar-refractivity contribution in [3.8, 4) is 0 Å². The Morgan fingerprint density at radius 2 is 1.50 bits per heavy atom. The van der Waals surface area contributed by atoms with Crippen LogP contribution in [0.25, 0.3) is 0 Å². The molecule has 1 aromatic carbocycles. The third-order valence-corrected chi connectivity index (χ3v) is 5.45. The third kappa shape index (κ3) is 6.14. The van der Waals surface area contributed by atoms with Gasteiger partial charge < -0.3 is 0 Å². The van der Waals surface area contributed by atoms with E-state index in [0.717, 1.165) is 11.1 Å². The highest BCUT2D eigenvalue weighted by Gasteiger charge is 2.15. The van der Waals surface area contributed by atoms with Gasteiger partial charge in [-0.1, -0.05) is 29.8 Å². The highest BCUT2D eigenvalue weighted by Crippen LogP contribution is 2.39. The summed E-state index contributed by atoms with van der Waals surface area (Å²) < 4.78 is -0.0176. The van der Waals surface area contributed by atoms with E-state index in [-0.39, 0.29) is 16.1 Å². The fraction of sp³-hybridized carbons (Fsp3) is 0.333. The van der Waals surface area contributed by atoms with Crippen molar-refractivity contribution in [1.82, 2.24) is 0 Å². The molecule has 0 bridgehead atoms. The van der Waals surface area contributed by atoms with Crippen molar-refractivity contribution in [3.63, 3.8) is 0 Å². The lowest BCUT2D eigenvalue weighted by Gasteiger charge is -2.15. The number of carbonyl (C=O) groups is 2. The number of benzene rings is 1. The van der Waals surface area contributed by atoms with Crippen molar-refractivity contribution in [2.45, 2.75) is 11.5 Å². The van der Waals surface area contributed by atoms with Gasteiger partial charge in [0.25, 0.3) is 0 Å². The van der Waals surface area contributed by atoms with Gasteiger partial charge in [0.1, 0.15) is 0 Å². The van der Waals surface area contributed by atoms with Crippen LogP contribution in [0, 0.1) is 6.92 Å². The SMILES string of the molecule is Cc1ccc(C(SCC(=O)Cl)SCC(=O)Cl)cc1. The normalized spacial score (nSPS) is 10.7. The molecule has 0 heterocycles. The van der Waals surface area contributed by atoms with E-state index in [1.807, 2.05) is 31.2 Å². The van der Waals surface area contributed by atoms with E-state index in [1.54, 1.807) is 0 Å². The Labute approximate surface area is 125 Å². The first-order valence-electron chi connectivity index (χ1n) is 5.15. The second-order valence-corrected chi connectivity index (χ2v) is 6.90. The minimum absolute atomic E-state index is 0.0176. The zero-order valence-corrected chi connectivity index (χ0v) is 12.8. The van der Waals surface area contributed by atoms with Crippen LogP contribution in [0.5, 0.6) is 0 Å². The Balaban J connectivity index is 2.71. The molecule has 6 heteroatoms. The van der Waals surface area contributed by atoms with Crippen molar-refractivity contribution >= 4 is 57.2 Å². The van der Waals surface area contributed by atoms with Gasteiger partial charge in [-0.05, 0) is 35.7 Å². The molecule has 0 aliphatic rings. The summed E-state index contributed by atoms with van der Waals surface area (Å²) in [6.45, 7) is 2.00. The second kappa shape index (κ2) is 8.10. The highest BCUT2D eigenvalue weighted by molar-refractivity contribution is 8.17. The first-order valence-corrected chi connectivity index (χ1v) is 8.01. The molecule has 0 aliphatic carbocycles. The third-order valence-electron chi connectivity index (χ3n) is 2.05. The highest BCUT2D eigenvalue weighted by atomic mass is 35.5. The molecule has 0 fully saturated rings. The Morgan fingerprint density at radius 3 is 1.89 bits per heavy atom. The van der Waals surface area contributed by atoms with Crippen LogP contribution in [0.2, 0.25) is 0 Å². The molecule has 98 valence electrons. The predicted molar refractivity (Wildman–Crippen MR) is 80.6 cm³/mol. The van der Waals surface area contributed by atoms with Gasteiger partial charge in [0.15, 0.2) is 0 Å². The molecule has 0 N–H and O–H groups in total. The summed E-state index contributed by atoms with van der Waals surface area (Å²) in [6, 6.07) is 7.96. The molecule has 0 amide bonds. The zero-order valence-electron chi connectivity index (χ0n) is 9.69. The summed E-state index contributed by atoms with van der Waals surface area (Å²) in [7, 11) is 0. The summed E-state index contributed by atoms with van der Waals surface area (Å²) in [4.78, 5) is 21.6. The van der Waals surface area contributed by atoms with E-state index in [1.165, 1.54) is 23.5 Å². The molecule has 0 aliphatic heterocycles. The molecule has 0 saturated carbocycles. The lowest BCUT2D eigenvalue weighted by Crippen LogP contribution is -1.99. The van der Waals surface area contributed by atoms with E-state index >= 15 is 0 Å². The predicted octanol–water partition coefficient (Wildman–Crippen LogP) is 3.99. The standard InChI is InChI=1S/C12H12Cl2O2S2/c1-8-2-4-9(5-3-8)12(17-6-10(13)15)18-7-11(14)16/h2-5,12H,6-7H2,1H3. The van der Waals surface area contributed by atoms with Crippen molar-refractivity contribution in [2.24, 2.45) is 0 Å². The Bertz CT molecular complexity index is 403. The topological polar surface area (TPSA) is 34.1 Å². The van der Waals surface area contributed by atoms with Gasteiger partial charge in [-0.15, -0.1) is 23.5 Å². The number of thioether (sulfide) groups is 2. The monoisotopic (exact) mass is 322 g/mol. The molecule has 0 atom stereocenters. The van der Waals surface area contributed by atoms with Crippen molar-refractivity contribution in [1.29, 1.82) is 0 Å². The molecule has 0 radical (unpaired) electrons. The summed E-state index contributed by atoms with van der Waals surface area (Å²) in [5.41, 5.74) is 2.21. The average molecular weight is 323 g/mol. The minimum atomic E-state index is -0.394. The van der Waals surface area contributed by atoms with Gasteiger partial charge >= 0.3 is 0 Å². The van der Waals surface area contributed by atoms with Crippen LogP contribution in [0.4, 0.5) is 0 Å². The van der Waals surface area contributed by atoms with E-state index < -0.39 is 10.5 Å². The fourth-order valence-corrected chi connectivity index (χ4v) is 3.68. The molecule has 0 unspecified atom stereocenters. The summed E-state index contributed by atoms with van der Waals surface area (Å²) in [6.07, 6.45) is 0. The maximum Gasteiger partial charge on any atom is 0.231 e. The van der Waals surface area contributed by atoms with Crippen molar-refractivity contribution < 1.29 is 9.59 Å². The summed E-state index contributed by atoms with van der Waals surface area (Å²) in [5.74, 6) is 0.424. The zero-order chi connectivity index (χ0) is 13.5. The largest absolute Gasteiger partial charge is 0.280 e. The Hall–Kier alpha value is -0.160. The van der Waals surface area contributed by atoms with Gasteiger partial charge in [-0.3, -0.25) is 9.59 Å². The van der Waals surface area contributed by atoms with Crippen LogP contribution >= 0.6 is 46.7 Å². The number of halogens is 2. The van der Waals surface area contributed by atoms with Gasteiger partial charge in [-0.25, -0.2) is 0 Å². The summed E-state index contributed by atoms with van der Waals surface area (Å²) >= 11 is 13.5. The van der Waals surface area contributed by atoms with Crippen LogP contribution in [0.3, 0.4) is 0 Å². The van der Waals surface area contributed by atoms with E-state index in [2.05, 4.69) is 0 Å². The van der Waals surface area contributed by atoms with Crippen LogP contribution in [0.1, 0.15) is 15.7 Å². The van der Waals surface area contributed by atoms with Crippen LogP contribution < -0.4 is 0 Å². The quantitative estimate of drug-likeness (QED) is 0.561. The van der Waals surface area contributed by atoms with E-state index in [0.29, 0.717) is 0 Å². The van der Waals surface area contributed by atoms with Gasteiger partial charge in [0.2, 0.25) is 10.5 Å². The summed E-state index contributed by atoms with van der Waals surface area (Å²) in [5, 5.41) is -0.787.